The Bertz CT molecular complexity index is 1010. The number of carbonyl (C=O) groups excluding carboxylic acids is 1. The van der Waals surface area contributed by atoms with Crippen molar-refractivity contribution in [3.05, 3.63) is 83.3 Å². The third-order valence-corrected chi connectivity index (χ3v) is 5.88. The van der Waals surface area contributed by atoms with E-state index in [2.05, 4.69) is 81.3 Å². The molecule has 1 heterocycles. The number of nitrogens with one attached hydrogen (secondary N) is 1. The average molecular weight is 507 g/mol. The molecular formula is C31H42N2O2S. The van der Waals surface area contributed by atoms with Crippen LogP contribution in [0.25, 0.3) is 0 Å². The lowest BCUT2D eigenvalue weighted by atomic mass is 10.0. The van der Waals surface area contributed by atoms with Crippen molar-refractivity contribution < 1.29 is 9.53 Å². The molecule has 2 aromatic carbocycles. The van der Waals surface area contributed by atoms with E-state index in [4.69, 9.17) is 9.73 Å². The highest BCUT2D eigenvalue weighted by Gasteiger charge is 2.16. The molecule has 0 aliphatic carbocycles. The molecular weight excluding hydrogens is 464 g/mol. The van der Waals surface area contributed by atoms with Crippen LogP contribution in [0, 0.1) is 18.8 Å². The maximum atomic E-state index is 10.8. The number of fused-ring (bicyclic) bond motifs is 1. The first-order chi connectivity index (χ1) is 17.5. The Balaban J connectivity index is 0.000000697. The molecule has 0 bridgehead atoms. The second-order valence-electron chi connectivity index (χ2n) is 7.97. The van der Waals surface area contributed by atoms with E-state index >= 15 is 0 Å². The van der Waals surface area contributed by atoms with E-state index in [1.165, 1.54) is 10.5 Å². The molecule has 0 saturated carbocycles. The van der Waals surface area contributed by atoms with Crippen molar-refractivity contribution in [2.75, 3.05) is 20.2 Å². The maximum Gasteiger partial charge on any atom is 0.223 e. The number of terminal acetylenes is 1. The Morgan fingerprint density at radius 1 is 1.14 bits per heavy atom. The van der Waals surface area contributed by atoms with E-state index in [1.807, 2.05) is 32.0 Å². The van der Waals surface area contributed by atoms with Crippen LogP contribution in [0.3, 0.4) is 0 Å². The summed E-state index contributed by atoms with van der Waals surface area (Å²) in [7, 11) is 1.70. The number of nitrogens with zero attached hydrogens (tertiary/aromatic N) is 1. The average Bonchev–Trinajstić information content (AvgIpc) is 2.90. The quantitative estimate of drug-likeness (QED) is 0.312. The van der Waals surface area contributed by atoms with E-state index < -0.39 is 0 Å². The number of thioether (sulfide) groups is 1. The molecule has 0 saturated heterocycles. The van der Waals surface area contributed by atoms with Crippen LogP contribution >= 0.6 is 11.8 Å². The number of carbonyl (C=O) groups is 1. The highest BCUT2D eigenvalue weighted by molar-refractivity contribution is 8.02. The number of benzene rings is 2. The summed E-state index contributed by atoms with van der Waals surface area (Å²) in [6.07, 6.45) is 11.1. The number of ether oxygens (including phenoxy) is 1. The van der Waals surface area contributed by atoms with Crippen molar-refractivity contribution in [2.45, 2.75) is 52.4 Å². The number of hydrogen-bond donors (Lipinski definition) is 1. The zero-order chi connectivity index (χ0) is 27.3. The van der Waals surface area contributed by atoms with Gasteiger partial charge in [0.15, 0.2) is 0 Å². The molecule has 3 rings (SSSR count). The van der Waals surface area contributed by atoms with Crippen LogP contribution in [0.4, 0.5) is 0 Å². The summed E-state index contributed by atoms with van der Waals surface area (Å²) in [5.41, 5.74) is 4.48. The number of aliphatic imine (C=N–C) groups is 1. The number of methoxy groups -OCH3 is 1. The van der Waals surface area contributed by atoms with Crippen molar-refractivity contribution in [3.63, 3.8) is 0 Å². The number of amides is 1. The van der Waals surface area contributed by atoms with Crippen LogP contribution in [-0.4, -0.2) is 31.8 Å². The van der Waals surface area contributed by atoms with Crippen molar-refractivity contribution in [1.29, 1.82) is 0 Å². The van der Waals surface area contributed by atoms with Gasteiger partial charge in [-0.15, -0.1) is 19.4 Å². The van der Waals surface area contributed by atoms with E-state index in [1.54, 1.807) is 24.9 Å². The van der Waals surface area contributed by atoms with Gasteiger partial charge in [0.25, 0.3) is 0 Å². The fourth-order valence-corrected chi connectivity index (χ4v) is 3.88. The van der Waals surface area contributed by atoms with Gasteiger partial charge in [-0.05, 0) is 48.4 Å². The minimum atomic E-state index is 0.0700. The van der Waals surface area contributed by atoms with Crippen LogP contribution in [0.2, 0.25) is 0 Å². The molecule has 1 aliphatic rings. The Morgan fingerprint density at radius 2 is 1.75 bits per heavy atom. The summed E-state index contributed by atoms with van der Waals surface area (Å²) in [6, 6.07) is 16.4. The first kappa shape index (κ1) is 32.8. The van der Waals surface area contributed by atoms with Gasteiger partial charge in [0.1, 0.15) is 5.75 Å². The number of hydrogen-bond acceptors (Lipinski definition) is 4. The fourth-order valence-electron chi connectivity index (χ4n) is 3.03. The zero-order valence-electron chi connectivity index (χ0n) is 22.7. The molecule has 1 N–H and O–H groups in total. The molecule has 0 atom stereocenters. The summed E-state index contributed by atoms with van der Waals surface area (Å²) in [5.74, 6) is 1.58. The van der Waals surface area contributed by atoms with Gasteiger partial charge < -0.3 is 10.1 Å². The largest absolute Gasteiger partial charge is 0.496 e. The molecule has 4 nitrogen and oxygen atoms in total. The van der Waals surface area contributed by atoms with Gasteiger partial charge in [0.05, 0.1) is 19.4 Å². The minimum Gasteiger partial charge on any atom is -0.496 e. The Morgan fingerprint density at radius 3 is 2.36 bits per heavy atom. The van der Waals surface area contributed by atoms with Crippen LogP contribution in [0.5, 0.6) is 5.75 Å². The van der Waals surface area contributed by atoms with Crippen molar-refractivity contribution in [2.24, 2.45) is 10.9 Å². The SMILES string of the molecule is C#C.C=CCC(=O)NCCC(C)C.CC.COc1ccccc1C1=NC/C(C)=C\Sc2ccccc21. The summed E-state index contributed by atoms with van der Waals surface area (Å²) >= 11 is 1.76. The van der Waals surface area contributed by atoms with Crippen molar-refractivity contribution >= 4 is 23.4 Å². The van der Waals surface area contributed by atoms with Crippen LogP contribution in [-0.2, 0) is 4.79 Å². The molecule has 1 aliphatic heterocycles. The molecule has 0 fully saturated rings. The van der Waals surface area contributed by atoms with Gasteiger partial charge in [0, 0.05) is 29.0 Å². The van der Waals surface area contributed by atoms with E-state index in [0.29, 0.717) is 18.9 Å². The topological polar surface area (TPSA) is 50.7 Å². The smallest absolute Gasteiger partial charge is 0.223 e. The molecule has 36 heavy (non-hydrogen) atoms. The van der Waals surface area contributed by atoms with Gasteiger partial charge >= 0.3 is 0 Å². The second kappa shape index (κ2) is 20.0. The molecule has 0 unspecified atom stereocenters. The van der Waals surface area contributed by atoms with Gasteiger partial charge in [-0.1, -0.05) is 75.9 Å². The fraction of sp³-hybridized carbons (Fsp3) is 0.355. The summed E-state index contributed by atoms with van der Waals surface area (Å²) in [5, 5.41) is 4.99. The molecule has 0 radical (unpaired) electrons. The van der Waals surface area contributed by atoms with E-state index in [9.17, 15) is 4.79 Å². The molecule has 1 amide bonds. The lowest BCUT2D eigenvalue weighted by Crippen LogP contribution is -2.24. The summed E-state index contributed by atoms with van der Waals surface area (Å²) in [6.45, 7) is 15.4. The summed E-state index contributed by atoms with van der Waals surface area (Å²) < 4.78 is 5.51. The van der Waals surface area contributed by atoms with Crippen LogP contribution in [0.15, 0.2) is 82.1 Å². The van der Waals surface area contributed by atoms with Crippen molar-refractivity contribution in [3.8, 4) is 18.6 Å². The van der Waals surface area contributed by atoms with Gasteiger partial charge in [-0.3, -0.25) is 9.79 Å². The zero-order valence-corrected chi connectivity index (χ0v) is 23.5. The molecule has 0 aromatic heterocycles. The van der Waals surface area contributed by atoms with Gasteiger partial charge in [-0.2, -0.15) is 0 Å². The van der Waals surface area contributed by atoms with Crippen LogP contribution < -0.4 is 10.1 Å². The monoisotopic (exact) mass is 506 g/mol. The molecule has 5 heteroatoms. The Labute approximate surface area is 223 Å². The first-order valence-electron chi connectivity index (χ1n) is 12.3. The van der Waals surface area contributed by atoms with E-state index in [0.717, 1.165) is 35.6 Å². The predicted molar refractivity (Wildman–Crippen MR) is 158 cm³/mol. The highest BCUT2D eigenvalue weighted by atomic mass is 32.2. The van der Waals surface area contributed by atoms with Crippen LogP contribution in [0.1, 0.15) is 58.6 Å². The predicted octanol–water partition coefficient (Wildman–Crippen LogP) is 7.54. The third-order valence-electron chi connectivity index (χ3n) is 4.75. The highest BCUT2D eigenvalue weighted by Crippen LogP contribution is 2.31. The lowest BCUT2D eigenvalue weighted by molar-refractivity contribution is -0.120. The molecule has 0 spiro atoms. The van der Waals surface area contributed by atoms with Gasteiger partial charge in [0.2, 0.25) is 5.91 Å². The second-order valence-corrected chi connectivity index (χ2v) is 8.88. The normalized spacial score (nSPS) is 13.0. The Kier molecular flexibility index (Phi) is 18.2. The molecule has 2 aromatic rings. The lowest BCUT2D eigenvalue weighted by Gasteiger charge is -2.16. The van der Waals surface area contributed by atoms with Gasteiger partial charge in [-0.25, -0.2) is 0 Å². The third kappa shape index (κ3) is 12.0. The minimum absolute atomic E-state index is 0.0700. The Hall–Kier alpha value is -3.23. The maximum absolute atomic E-state index is 10.8. The first-order valence-corrected chi connectivity index (χ1v) is 13.1. The van der Waals surface area contributed by atoms with E-state index in [-0.39, 0.29) is 5.91 Å². The van der Waals surface area contributed by atoms with Crippen molar-refractivity contribution in [1.82, 2.24) is 5.32 Å². The summed E-state index contributed by atoms with van der Waals surface area (Å²) in [4.78, 5) is 16.9. The number of para-hydroxylation sites is 1. The number of rotatable bonds is 7. The standard InChI is InChI=1S/C18H17NOS.C9H17NO.C2H6.C2H2/c1-13-11-19-18(14-7-3-5-9-16(14)20-2)15-8-4-6-10-17(15)21-12-13;1-4-5-9(11)10-7-6-8(2)3;2*1-2/h3-10,12H,11H2,1-2H3;4,8H,1,5-7H2,2-3H3,(H,10,11);1-2H3;1-2H/b13-12-,19-18?;;;. The molecule has 194 valence electrons.